The molecule has 39 heavy (non-hydrogen) atoms. The van der Waals surface area contributed by atoms with E-state index in [9.17, 15) is 18.5 Å². The lowest BCUT2D eigenvalue weighted by atomic mass is 10.1. The van der Waals surface area contributed by atoms with Crippen LogP contribution in [-0.4, -0.2) is 24.1 Å². The Labute approximate surface area is 230 Å². The summed E-state index contributed by atoms with van der Waals surface area (Å²) in [7, 11) is -4.31. The Bertz CT molecular complexity index is 1770. The molecule has 0 spiro atoms. The summed E-state index contributed by atoms with van der Waals surface area (Å²) >= 11 is 6.17. The van der Waals surface area contributed by atoms with Crippen LogP contribution >= 0.6 is 11.6 Å². The van der Waals surface area contributed by atoms with E-state index in [4.69, 9.17) is 11.6 Å². The number of sulfonamides is 1. The number of hydrazone groups is 1. The van der Waals surface area contributed by atoms with Crippen molar-refractivity contribution in [2.75, 3.05) is 0 Å². The summed E-state index contributed by atoms with van der Waals surface area (Å²) in [5.41, 5.74) is 4.36. The molecule has 0 atom stereocenters. The highest BCUT2D eigenvalue weighted by atomic mass is 35.5. The highest BCUT2D eigenvalue weighted by Gasteiger charge is 2.25. The summed E-state index contributed by atoms with van der Waals surface area (Å²) in [6.07, 6.45) is 1.40. The molecular weight excluding hydrogens is 536 g/mol. The van der Waals surface area contributed by atoms with Gasteiger partial charge >= 0.3 is 0 Å². The number of aromatic nitrogens is 1. The lowest BCUT2D eigenvalue weighted by Gasteiger charge is -2.15. The van der Waals surface area contributed by atoms with Crippen molar-refractivity contribution in [3.8, 4) is 28.2 Å². The highest BCUT2D eigenvalue weighted by Crippen LogP contribution is 2.35. The number of nitrogens with one attached hydrogen (secondary N) is 1. The molecule has 0 unspecified atom stereocenters. The summed E-state index contributed by atoms with van der Waals surface area (Å²) in [6.45, 7) is 0. The number of rotatable bonds is 8. The van der Waals surface area contributed by atoms with Crippen molar-refractivity contribution in [3.05, 3.63) is 136 Å². The van der Waals surface area contributed by atoms with Crippen LogP contribution in [0.4, 0.5) is 5.69 Å². The Kier molecular flexibility index (Phi) is 7.27. The normalized spacial score (nSPS) is 11.5. The van der Waals surface area contributed by atoms with Crippen LogP contribution in [0.25, 0.3) is 28.2 Å². The molecule has 8 nitrogen and oxygen atoms in total. The molecule has 5 rings (SSSR count). The summed E-state index contributed by atoms with van der Waals surface area (Å²) in [6, 6.07) is 33.8. The SMILES string of the molecule is O=[N+]([O-])c1ccccc1S(=O)(=O)N/N=C/c1cc(-c2ccccc2)n(-c2ccc(Cl)cc2)c1-c1ccccc1. The van der Waals surface area contributed by atoms with E-state index in [0.717, 1.165) is 40.3 Å². The molecule has 1 N–H and O–H groups in total. The quantitative estimate of drug-likeness (QED) is 0.131. The fourth-order valence-electron chi connectivity index (χ4n) is 4.25. The molecule has 0 bridgehead atoms. The molecule has 1 heterocycles. The lowest BCUT2D eigenvalue weighted by molar-refractivity contribution is -0.387. The van der Waals surface area contributed by atoms with E-state index in [-0.39, 0.29) is 0 Å². The smallest absolute Gasteiger partial charge is 0.289 e. The monoisotopic (exact) mass is 556 g/mol. The zero-order chi connectivity index (χ0) is 27.4. The number of hydrogen-bond donors (Lipinski definition) is 1. The molecule has 4 aromatic carbocycles. The molecule has 1 aromatic heterocycles. The van der Waals surface area contributed by atoms with Crippen LogP contribution < -0.4 is 4.83 Å². The maximum Gasteiger partial charge on any atom is 0.289 e. The molecule has 10 heteroatoms. The van der Waals surface area contributed by atoms with Gasteiger partial charge in [-0.25, -0.2) is 0 Å². The lowest BCUT2D eigenvalue weighted by Crippen LogP contribution is -2.19. The Balaban J connectivity index is 1.65. The topological polar surface area (TPSA) is 107 Å². The molecule has 0 aliphatic heterocycles. The minimum absolute atomic E-state index is 0.473. The predicted molar refractivity (Wildman–Crippen MR) is 153 cm³/mol. The number of nitrogens with zero attached hydrogens (tertiary/aromatic N) is 3. The van der Waals surface area contributed by atoms with Crippen LogP contribution in [0.1, 0.15) is 5.56 Å². The third-order valence-corrected chi connectivity index (χ3v) is 7.48. The summed E-state index contributed by atoms with van der Waals surface area (Å²) in [4.78, 5) is 12.3. The van der Waals surface area contributed by atoms with E-state index in [1.165, 1.54) is 18.3 Å². The van der Waals surface area contributed by atoms with Crippen molar-refractivity contribution in [1.82, 2.24) is 9.40 Å². The number of benzene rings is 4. The average molecular weight is 557 g/mol. The second-order valence-electron chi connectivity index (χ2n) is 8.46. The van der Waals surface area contributed by atoms with Gasteiger partial charge in [-0.1, -0.05) is 84.4 Å². The van der Waals surface area contributed by atoms with E-state index in [1.54, 1.807) is 12.1 Å². The van der Waals surface area contributed by atoms with E-state index in [2.05, 4.69) is 14.5 Å². The molecule has 194 valence electrons. The first-order valence-corrected chi connectivity index (χ1v) is 13.6. The van der Waals surface area contributed by atoms with Gasteiger partial charge in [0.25, 0.3) is 15.7 Å². The first-order chi connectivity index (χ1) is 18.8. The highest BCUT2D eigenvalue weighted by molar-refractivity contribution is 7.89. The molecule has 0 aliphatic rings. The third-order valence-electron chi connectivity index (χ3n) is 5.96. The molecule has 0 fully saturated rings. The van der Waals surface area contributed by atoms with Crippen molar-refractivity contribution < 1.29 is 13.3 Å². The van der Waals surface area contributed by atoms with Crippen LogP contribution in [0.3, 0.4) is 0 Å². The minimum atomic E-state index is -4.31. The van der Waals surface area contributed by atoms with Gasteiger partial charge in [-0.05, 0) is 47.5 Å². The van der Waals surface area contributed by atoms with Crippen molar-refractivity contribution >= 4 is 33.5 Å². The van der Waals surface area contributed by atoms with Gasteiger partial charge in [0.05, 0.1) is 22.5 Å². The summed E-state index contributed by atoms with van der Waals surface area (Å²) in [5.74, 6) is 0. The van der Waals surface area contributed by atoms with Gasteiger partial charge in [0, 0.05) is 22.3 Å². The van der Waals surface area contributed by atoms with Crippen LogP contribution in [0.15, 0.2) is 125 Å². The molecule has 5 aromatic rings. The van der Waals surface area contributed by atoms with Gasteiger partial charge in [-0.3, -0.25) is 10.1 Å². The van der Waals surface area contributed by atoms with Crippen molar-refractivity contribution in [2.45, 2.75) is 4.90 Å². The van der Waals surface area contributed by atoms with Gasteiger partial charge in [0.2, 0.25) is 0 Å². The maximum atomic E-state index is 12.9. The summed E-state index contributed by atoms with van der Waals surface area (Å²) in [5, 5.41) is 16.0. The van der Waals surface area contributed by atoms with Crippen molar-refractivity contribution in [1.29, 1.82) is 0 Å². The number of hydrogen-bond acceptors (Lipinski definition) is 5. The first-order valence-electron chi connectivity index (χ1n) is 11.8. The molecule has 0 saturated carbocycles. The zero-order valence-electron chi connectivity index (χ0n) is 20.3. The maximum absolute atomic E-state index is 12.9. The number of para-hydroxylation sites is 1. The largest absolute Gasteiger partial charge is 0.309 e. The van der Waals surface area contributed by atoms with Gasteiger partial charge in [0.15, 0.2) is 4.90 Å². The Morgan fingerprint density at radius 3 is 2.05 bits per heavy atom. The fourth-order valence-corrected chi connectivity index (χ4v) is 5.34. The fraction of sp³-hybridized carbons (Fsp3) is 0. The van der Waals surface area contributed by atoms with E-state index < -0.39 is 25.5 Å². The van der Waals surface area contributed by atoms with E-state index in [0.29, 0.717) is 10.6 Å². The average Bonchev–Trinajstić information content (AvgIpc) is 3.33. The van der Waals surface area contributed by atoms with Gasteiger partial charge in [-0.15, -0.1) is 0 Å². The van der Waals surface area contributed by atoms with Gasteiger partial charge in [0.1, 0.15) is 0 Å². The van der Waals surface area contributed by atoms with Crippen LogP contribution in [0, 0.1) is 10.1 Å². The summed E-state index contributed by atoms with van der Waals surface area (Å²) < 4.78 is 27.9. The Morgan fingerprint density at radius 2 is 1.41 bits per heavy atom. The first kappa shape index (κ1) is 25.9. The van der Waals surface area contributed by atoms with Crippen LogP contribution in [0.2, 0.25) is 5.02 Å². The van der Waals surface area contributed by atoms with E-state index >= 15 is 0 Å². The van der Waals surface area contributed by atoms with Crippen molar-refractivity contribution in [2.24, 2.45) is 5.10 Å². The molecule has 0 aliphatic carbocycles. The Morgan fingerprint density at radius 1 is 0.821 bits per heavy atom. The Hall–Kier alpha value is -4.73. The zero-order valence-corrected chi connectivity index (χ0v) is 21.9. The van der Waals surface area contributed by atoms with Gasteiger partial charge < -0.3 is 4.57 Å². The standard InChI is InChI=1S/C29H21ClN4O4S/c30-24-15-17-25(18-16-24)33-27(21-9-3-1-4-10-21)19-23(29(33)22-11-5-2-6-12-22)20-31-32-39(37,38)28-14-8-7-13-26(28)34(35)36/h1-20,32H/b31-20+. The van der Waals surface area contributed by atoms with Crippen LogP contribution in [-0.2, 0) is 10.0 Å². The molecule has 0 saturated heterocycles. The van der Waals surface area contributed by atoms with E-state index in [1.807, 2.05) is 78.9 Å². The number of halogens is 1. The predicted octanol–water partition coefficient (Wildman–Crippen LogP) is 6.69. The van der Waals surface area contributed by atoms with Gasteiger partial charge in [-0.2, -0.15) is 18.4 Å². The molecular formula is C29H21ClN4O4S. The minimum Gasteiger partial charge on any atom is -0.309 e. The number of nitro benzene ring substituents is 1. The second-order valence-corrected chi connectivity index (χ2v) is 10.5. The second kappa shape index (κ2) is 10.9. The van der Waals surface area contributed by atoms with Crippen LogP contribution in [0.5, 0.6) is 0 Å². The third kappa shape index (κ3) is 5.45. The molecule has 0 amide bonds. The van der Waals surface area contributed by atoms with Crippen molar-refractivity contribution in [3.63, 3.8) is 0 Å². The number of nitro groups is 1. The molecule has 0 radical (unpaired) electrons.